The first-order chi connectivity index (χ1) is 18.5. The lowest BCUT2D eigenvalue weighted by molar-refractivity contribution is -0.299. The molecule has 214 valence electrons. The number of aliphatic hydroxyl groups is 5. The Morgan fingerprint density at radius 1 is 1.18 bits per heavy atom. The summed E-state index contributed by atoms with van der Waals surface area (Å²) in [6, 6.07) is 2.72. The van der Waals surface area contributed by atoms with Gasteiger partial charge in [-0.05, 0) is 43.2 Å². The smallest absolute Gasteiger partial charge is 0.229 e. The summed E-state index contributed by atoms with van der Waals surface area (Å²) in [7, 11) is 1.38. The summed E-state index contributed by atoms with van der Waals surface area (Å²) in [6.07, 6.45) is -3.85. The molecule has 2 aliphatic rings. The van der Waals surface area contributed by atoms with Gasteiger partial charge in [0, 0.05) is 24.1 Å². The van der Waals surface area contributed by atoms with Crippen molar-refractivity contribution in [1.82, 2.24) is 0 Å². The first-order valence-corrected chi connectivity index (χ1v) is 13.0. The molecule has 0 saturated carbocycles. The first-order valence-electron chi connectivity index (χ1n) is 13.0. The fourth-order valence-corrected chi connectivity index (χ4v) is 5.43. The SMILES string of the molecule is CCCC(=O)c1c(C)cc2c(CO)c(OC)cc(O[C@H]3O[C@H]([C@]4(O)C=C[C@H](N)CC4)[C@@H](O)[C@H](O)[C@H]3O)c2c1O. The Labute approximate surface area is 226 Å². The molecule has 1 saturated heterocycles. The van der Waals surface area contributed by atoms with Gasteiger partial charge in [-0.1, -0.05) is 19.1 Å². The topological polar surface area (TPSA) is 192 Å². The van der Waals surface area contributed by atoms with Crippen molar-refractivity contribution in [1.29, 1.82) is 0 Å². The Hall–Kier alpha value is -2.77. The van der Waals surface area contributed by atoms with Crippen LogP contribution < -0.4 is 15.2 Å². The number of fused-ring (bicyclic) bond motifs is 1. The summed E-state index contributed by atoms with van der Waals surface area (Å²) in [5.74, 6) is -0.516. The largest absolute Gasteiger partial charge is 0.506 e. The van der Waals surface area contributed by atoms with Gasteiger partial charge in [0.15, 0.2) is 5.78 Å². The number of benzene rings is 2. The molecule has 1 heterocycles. The highest BCUT2D eigenvalue weighted by Crippen LogP contribution is 2.45. The van der Waals surface area contributed by atoms with Gasteiger partial charge in [-0.25, -0.2) is 0 Å². The molecule has 1 aliphatic carbocycles. The molecule has 0 bridgehead atoms. The summed E-state index contributed by atoms with van der Waals surface area (Å²) < 4.78 is 17.3. The molecule has 7 atom stereocenters. The van der Waals surface area contributed by atoms with E-state index in [1.54, 1.807) is 19.1 Å². The number of aromatic hydroxyl groups is 1. The van der Waals surface area contributed by atoms with E-state index in [1.165, 1.54) is 19.3 Å². The van der Waals surface area contributed by atoms with Crippen molar-refractivity contribution in [2.45, 2.75) is 88.5 Å². The quantitative estimate of drug-likeness (QED) is 0.184. The lowest BCUT2D eigenvalue weighted by Crippen LogP contribution is -2.65. The zero-order valence-corrected chi connectivity index (χ0v) is 22.2. The average Bonchev–Trinajstić information content (AvgIpc) is 2.90. The van der Waals surface area contributed by atoms with Gasteiger partial charge in [0.05, 0.1) is 24.7 Å². The number of aliphatic hydroxyl groups excluding tert-OH is 4. The number of phenols is 1. The molecule has 0 unspecified atom stereocenters. The summed E-state index contributed by atoms with van der Waals surface area (Å²) in [6.45, 7) is 3.07. The minimum Gasteiger partial charge on any atom is -0.506 e. The number of nitrogens with two attached hydrogens (primary N) is 1. The number of ether oxygens (including phenoxy) is 3. The summed E-state index contributed by atoms with van der Waals surface area (Å²) in [5.41, 5.74) is 5.11. The second-order valence-corrected chi connectivity index (χ2v) is 10.3. The molecule has 2 aromatic rings. The molecular formula is C28H37NO10. The number of methoxy groups -OCH3 is 1. The highest BCUT2D eigenvalue weighted by molar-refractivity contribution is 6.09. The third-order valence-corrected chi connectivity index (χ3v) is 7.58. The highest BCUT2D eigenvalue weighted by Gasteiger charge is 2.53. The van der Waals surface area contributed by atoms with Crippen LogP contribution in [-0.4, -0.2) is 85.9 Å². The molecule has 11 heteroatoms. The van der Waals surface area contributed by atoms with Gasteiger partial charge in [0.25, 0.3) is 0 Å². The fourth-order valence-electron chi connectivity index (χ4n) is 5.43. The van der Waals surface area contributed by atoms with E-state index in [0.717, 1.165) is 0 Å². The van der Waals surface area contributed by atoms with Gasteiger partial charge in [0.1, 0.15) is 47.3 Å². The van der Waals surface area contributed by atoms with E-state index in [-0.39, 0.29) is 52.9 Å². The Bertz CT molecular complexity index is 1260. The predicted octanol–water partition coefficient (Wildman–Crippen LogP) is 0.932. The number of hydrogen-bond acceptors (Lipinski definition) is 11. The normalized spacial score (nSPS) is 30.9. The van der Waals surface area contributed by atoms with E-state index in [9.17, 15) is 35.4 Å². The maximum Gasteiger partial charge on any atom is 0.229 e. The zero-order valence-electron chi connectivity index (χ0n) is 22.2. The van der Waals surface area contributed by atoms with E-state index in [4.69, 9.17) is 19.9 Å². The third kappa shape index (κ3) is 5.23. The monoisotopic (exact) mass is 547 g/mol. The minimum absolute atomic E-state index is 0.0679. The molecule has 1 fully saturated rings. The number of phenolic OH excluding ortho intramolecular Hbond substituents is 1. The van der Waals surface area contributed by atoms with Gasteiger partial charge in [-0.2, -0.15) is 0 Å². The van der Waals surface area contributed by atoms with E-state index in [1.807, 2.05) is 6.92 Å². The standard InChI is InChI=1S/C28H37NO10/c1-4-5-17(31)20-13(2)10-15-16(12-30)18(37-3)11-19(21(15)22(20)32)38-27-25(35)23(33)24(34)26(39-27)28(36)8-6-14(29)7-9-28/h6,8,10-11,14,23-27,30,32-36H,4-5,7,9,12,29H2,1-3H3/t14-,23-,24-,25+,26-,27-,28-/m0/s1. The molecule has 4 rings (SSSR count). The maximum atomic E-state index is 12.9. The van der Waals surface area contributed by atoms with Crippen molar-refractivity contribution in [2.24, 2.45) is 5.73 Å². The van der Waals surface area contributed by atoms with E-state index >= 15 is 0 Å². The van der Waals surface area contributed by atoms with Crippen LogP contribution >= 0.6 is 0 Å². The molecule has 0 radical (unpaired) electrons. The van der Waals surface area contributed by atoms with Crippen molar-refractivity contribution in [3.8, 4) is 17.2 Å². The molecule has 0 amide bonds. The number of ketones is 1. The number of hydrogen-bond donors (Lipinski definition) is 7. The highest BCUT2D eigenvalue weighted by atomic mass is 16.7. The molecule has 11 nitrogen and oxygen atoms in total. The van der Waals surface area contributed by atoms with Gasteiger partial charge < -0.3 is 50.6 Å². The molecule has 2 aromatic carbocycles. The van der Waals surface area contributed by atoms with Crippen LogP contribution in [-0.2, 0) is 11.3 Å². The van der Waals surface area contributed by atoms with Gasteiger partial charge in [-0.15, -0.1) is 0 Å². The molecule has 8 N–H and O–H groups in total. The van der Waals surface area contributed by atoms with Crippen molar-refractivity contribution in [2.75, 3.05) is 7.11 Å². The molecular weight excluding hydrogens is 510 g/mol. The molecule has 39 heavy (non-hydrogen) atoms. The Kier molecular flexibility index (Phi) is 8.52. The number of rotatable bonds is 8. The summed E-state index contributed by atoms with van der Waals surface area (Å²) >= 11 is 0. The lowest BCUT2D eigenvalue weighted by atomic mass is 9.79. The Morgan fingerprint density at radius 3 is 2.49 bits per heavy atom. The average molecular weight is 548 g/mol. The van der Waals surface area contributed by atoms with Crippen LogP contribution in [0.1, 0.15) is 54.1 Å². The fraction of sp³-hybridized carbons (Fsp3) is 0.536. The van der Waals surface area contributed by atoms with Crippen molar-refractivity contribution >= 4 is 16.6 Å². The van der Waals surface area contributed by atoms with Crippen molar-refractivity contribution in [3.05, 3.63) is 41.0 Å². The zero-order chi connectivity index (χ0) is 28.6. The van der Waals surface area contributed by atoms with Crippen LogP contribution in [0.2, 0.25) is 0 Å². The molecule has 0 aromatic heterocycles. The first kappa shape index (κ1) is 29.2. The molecule has 1 aliphatic heterocycles. The Morgan fingerprint density at radius 2 is 1.90 bits per heavy atom. The second kappa shape index (κ2) is 11.4. The van der Waals surface area contributed by atoms with E-state index < -0.39 is 42.9 Å². The van der Waals surface area contributed by atoms with Crippen LogP contribution in [0.15, 0.2) is 24.3 Å². The third-order valence-electron chi connectivity index (χ3n) is 7.58. The maximum absolute atomic E-state index is 12.9. The van der Waals surface area contributed by atoms with Gasteiger partial charge in [0.2, 0.25) is 6.29 Å². The summed E-state index contributed by atoms with van der Waals surface area (Å²) in [5, 5.41) is 65.2. The van der Waals surface area contributed by atoms with E-state index in [0.29, 0.717) is 29.4 Å². The van der Waals surface area contributed by atoms with Crippen molar-refractivity contribution < 1.29 is 49.6 Å². The minimum atomic E-state index is -1.75. The number of carbonyl (C=O) groups is 1. The van der Waals surface area contributed by atoms with Crippen LogP contribution in [0.5, 0.6) is 17.2 Å². The van der Waals surface area contributed by atoms with Crippen LogP contribution in [0.3, 0.4) is 0 Å². The predicted molar refractivity (Wildman–Crippen MR) is 141 cm³/mol. The number of aryl methyl sites for hydroxylation is 1. The lowest BCUT2D eigenvalue weighted by Gasteiger charge is -2.47. The number of carbonyl (C=O) groups excluding carboxylic acids is 1. The van der Waals surface area contributed by atoms with Crippen LogP contribution in [0.4, 0.5) is 0 Å². The van der Waals surface area contributed by atoms with Gasteiger partial charge in [-0.3, -0.25) is 4.79 Å². The molecule has 0 spiro atoms. The Balaban J connectivity index is 1.83. The van der Waals surface area contributed by atoms with Crippen LogP contribution in [0.25, 0.3) is 10.8 Å². The number of Topliss-reactive ketones (excluding diaryl/α,β-unsaturated/α-hetero) is 1. The second-order valence-electron chi connectivity index (χ2n) is 10.3. The van der Waals surface area contributed by atoms with E-state index in [2.05, 4.69) is 0 Å². The van der Waals surface area contributed by atoms with Gasteiger partial charge >= 0.3 is 0 Å². The van der Waals surface area contributed by atoms with Crippen molar-refractivity contribution in [3.63, 3.8) is 0 Å². The summed E-state index contributed by atoms with van der Waals surface area (Å²) in [4.78, 5) is 12.9. The van der Waals surface area contributed by atoms with Crippen LogP contribution in [0, 0.1) is 6.92 Å².